The minimum atomic E-state index is -0.340. The Morgan fingerprint density at radius 1 is 1.33 bits per heavy atom. The summed E-state index contributed by atoms with van der Waals surface area (Å²) in [5.74, 6) is 0.417. The van der Waals surface area contributed by atoms with E-state index in [9.17, 15) is 4.79 Å². The predicted octanol–water partition coefficient (Wildman–Crippen LogP) is 2.36. The molecular weight excluding hydrogens is 210 g/mol. The third-order valence-corrected chi connectivity index (χ3v) is 2.69. The van der Waals surface area contributed by atoms with Gasteiger partial charge in [0.25, 0.3) is 0 Å². The summed E-state index contributed by atoms with van der Waals surface area (Å²) in [6.45, 7) is 3.81. The van der Waals surface area contributed by atoms with E-state index in [-0.39, 0.29) is 11.4 Å². The highest BCUT2D eigenvalue weighted by atomic mass is 35.5. The summed E-state index contributed by atoms with van der Waals surface area (Å²) >= 11 is 5.73. The summed E-state index contributed by atoms with van der Waals surface area (Å²) in [5.41, 5.74) is 0.674. The average molecular weight is 226 g/mol. The molecule has 3 heteroatoms. The maximum atomic E-state index is 11.6. The largest absolute Gasteiger partial charge is 0.350 e. The van der Waals surface area contributed by atoms with Crippen molar-refractivity contribution in [3.8, 4) is 0 Å². The molecule has 0 aliphatic carbocycles. The SMILES string of the molecule is CC(C)(CCl)NC(=O)Cc1ccccc1. The molecule has 1 amide bonds. The summed E-state index contributed by atoms with van der Waals surface area (Å²) in [7, 11) is 0. The zero-order chi connectivity index (χ0) is 11.3. The number of amides is 1. The van der Waals surface area contributed by atoms with Crippen LogP contribution in [0.25, 0.3) is 0 Å². The van der Waals surface area contributed by atoms with Gasteiger partial charge in [-0.25, -0.2) is 0 Å². The molecule has 1 aromatic carbocycles. The maximum Gasteiger partial charge on any atom is 0.224 e. The van der Waals surface area contributed by atoms with Crippen LogP contribution in [-0.4, -0.2) is 17.3 Å². The van der Waals surface area contributed by atoms with Gasteiger partial charge >= 0.3 is 0 Å². The van der Waals surface area contributed by atoms with E-state index in [1.807, 2.05) is 44.2 Å². The molecule has 0 saturated carbocycles. The molecule has 1 rings (SSSR count). The Balaban J connectivity index is 2.51. The topological polar surface area (TPSA) is 29.1 Å². The van der Waals surface area contributed by atoms with Crippen molar-refractivity contribution in [2.45, 2.75) is 25.8 Å². The number of alkyl halides is 1. The van der Waals surface area contributed by atoms with Crippen molar-refractivity contribution in [3.63, 3.8) is 0 Å². The van der Waals surface area contributed by atoms with Gasteiger partial charge in [-0.15, -0.1) is 11.6 Å². The molecule has 1 N–H and O–H groups in total. The van der Waals surface area contributed by atoms with Crippen LogP contribution in [-0.2, 0) is 11.2 Å². The fourth-order valence-corrected chi connectivity index (χ4v) is 1.30. The second kappa shape index (κ2) is 5.17. The van der Waals surface area contributed by atoms with E-state index in [2.05, 4.69) is 5.32 Å². The number of hydrogen-bond acceptors (Lipinski definition) is 1. The van der Waals surface area contributed by atoms with Gasteiger partial charge in [0.1, 0.15) is 0 Å². The van der Waals surface area contributed by atoms with Crippen LogP contribution in [0.5, 0.6) is 0 Å². The van der Waals surface area contributed by atoms with E-state index in [1.165, 1.54) is 0 Å². The third-order valence-electron chi connectivity index (χ3n) is 2.02. The van der Waals surface area contributed by atoms with Crippen molar-refractivity contribution in [1.29, 1.82) is 0 Å². The minimum absolute atomic E-state index is 0.00634. The standard InChI is InChI=1S/C12H16ClNO/c1-12(2,9-13)14-11(15)8-10-6-4-3-5-7-10/h3-7H,8-9H2,1-2H3,(H,14,15). The molecule has 82 valence electrons. The smallest absolute Gasteiger partial charge is 0.224 e. The van der Waals surface area contributed by atoms with Crippen LogP contribution in [0.3, 0.4) is 0 Å². The Morgan fingerprint density at radius 3 is 2.47 bits per heavy atom. The number of carbonyl (C=O) groups is 1. The quantitative estimate of drug-likeness (QED) is 0.784. The molecule has 0 bridgehead atoms. The first-order valence-corrected chi connectivity index (χ1v) is 5.48. The highest BCUT2D eigenvalue weighted by Gasteiger charge is 2.18. The van der Waals surface area contributed by atoms with Crippen LogP contribution in [0.4, 0.5) is 0 Å². The van der Waals surface area contributed by atoms with Crippen molar-refractivity contribution >= 4 is 17.5 Å². The van der Waals surface area contributed by atoms with Gasteiger partial charge in [-0.05, 0) is 19.4 Å². The van der Waals surface area contributed by atoms with Gasteiger partial charge in [0, 0.05) is 11.4 Å². The fraction of sp³-hybridized carbons (Fsp3) is 0.417. The molecule has 0 fully saturated rings. The maximum absolute atomic E-state index is 11.6. The van der Waals surface area contributed by atoms with Crippen molar-refractivity contribution < 1.29 is 4.79 Å². The lowest BCUT2D eigenvalue weighted by molar-refractivity contribution is -0.121. The first kappa shape index (κ1) is 12.1. The summed E-state index contributed by atoms with van der Waals surface area (Å²) in [4.78, 5) is 11.6. The third kappa shape index (κ3) is 4.34. The lowest BCUT2D eigenvalue weighted by atomic mass is 10.1. The molecular formula is C12H16ClNO. The van der Waals surface area contributed by atoms with Gasteiger partial charge in [-0.3, -0.25) is 4.79 Å². The van der Waals surface area contributed by atoms with Crippen LogP contribution in [0.15, 0.2) is 30.3 Å². The average Bonchev–Trinajstić information content (AvgIpc) is 2.18. The van der Waals surface area contributed by atoms with Crippen LogP contribution >= 0.6 is 11.6 Å². The van der Waals surface area contributed by atoms with Crippen molar-refractivity contribution in [3.05, 3.63) is 35.9 Å². The Morgan fingerprint density at radius 2 is 1.93 bits per heavy atom. The van der Waals surface area contributed by atoms with E-state index < -0.39 is 0 Å². The Bertz CT molecular complexity index is 322. The van der Waals surface area contributed by atoms with Gasteiger partial charge in [0.15, 0.2) is 0 Å². The number of rotatable bonds is 4. The van der Waals surface area contributed by atoms with E-state index >= 15 is 0 Å². The number of hydrogen-bond donors (Lipinski definition) is 1. The van der Waals surface area contributed by atoms with Crippen LogP contribution < -0.4 is 5.32 Å². The molecule has 0 aromatic heterocycles. The zero-order valence-corrected chi connectivity index (χ0v) is 9.84. The highest BCUT2D eigenvalue weighted by Crippen LogP contribution is 2.06. The molecule has 0 radical (unpaired) electrons. The van der Waals surface area contributed by atoms with E-state index in [0.29, 0.717) is 12.3 Å². The Labute approximate surface area is 95.6 Å². The number of nitrogens with one attached hydrogen (secondary N) is 1. The molecule has 0 saturated heterocycles. The normalized spacial score (nSPS) is 11.1. The summed E-state index contributed by atoms with van der Waals surface area (Å²) < 4.78 is 0. The van der Waals surface area contributed by atoms with Gasteiger partial charge in [-0.2, -0.15) is 0 Å². The molecule has 0 aliphatic rings. The van der Waals surface area contributed by atoms with Crippen LogP contribution in [0, 0.1) is 0 Å². The lowest BCUT2D eigenvalue weighted by Crippen LogP contribution is -2.45. The van der Waals surface area contributed by atoms with Crippen LogP contribution in [0.2, 0.25) is 0 Å². The Hall–Kier alpha value is -1.02. The predicted molar refractivity (Wildman–Crippen MR) is 63.1 cm³/mol. The van der Waals surface area contributed by atoms with E-state index in [1.54, 1.807) is 0 Å². The Kier molecular flexibility index (Phi) is 4.15. The molecule has 0 heterocycles. The first-order valence-electron chi connectivity index (χ1n) is 4.94. The van der Waals surface area contributed by atoms with Gasteiger partial charge in [-0.1, -0.05) is 30.3 Å². The molecule has 0 atom stereocenters. The fourth-order valence-electron chi connectivity index (χ4n) is 1.24. The summed E-state index contributed by atoms with van der Waals surface area (Å²) in [6, 6.07) is 9.66. The monoisotopic (exact) mass is 225 g/mol. The van der Waals surface area contributed by atoms with Crippen molar-refractivity contribution in [1.82, 2.24) is 5.32 Å². The van der Waals surface area contributed by atoms with Crippen molar-refractivity contribution in [2.24, 2.45) is 0 Å². The second-order valence-electron chi connectivity index (χ2n) is 4.23. The van der Waals surface area contributed by atoms with Gasteiger partial charge in [0.05, 0.1) is 6.42 Å². The van der Waals surface area contributed by atoms with E-state index in [4.69, 9.17) is 11.6 Å². The minimum Gasteiger partial charge on any atom is -0.350 e. The molecule has 15 heavy (non-hydrogen) atoms. The van der Waals surface area contributed by atoms with Gasteiger partial charge < -0.3 is 5.32 Å². The number of carbonyl (C=O) groups excluding carboxylic acids is 1. The number of benzene rings is 1. The first-order chi connectivity index (χ1) is 7.03. The molecule has 0 unspecified atom stereocenters. The molecule has 0 aliphatic heterocycles. The summed E-state index contributed by atoms with van der Waals surface area (Å²) in [6.07, 6.45) is 0.404. The second-order valence-corrected chi connectivity index (χ2v) is 4.50. The van der Waals surface area contributed by atoms with E-state index in [0.717, 1.165) is 5.56 Å². The van der Waals surface area contributed by atoms with Crippen LogP contribution in [0.1, 0.15) is 19.4 Å². The zero-order valence-electron chi connectivity index (χ0n) is 9.09. The molecule has 2 nitrogen and oxygen atoms in total. The van der Waals surface area contributed by atoms with Crippen molar-refractivity contribution in [2.75, 3.05) is 5.88 Å². The van der Waals surface area contributed by atoms with Gasteiger partial charge in [0.2, 0.25) is 5.91 Å². The molecule has 1 aromatic rings. The highest BCUT2D eigenvalue weighted by molar-refractivity contribution is 6.18. The molecule has 0 spiro atoms. The summed E-state index contributed by atoms with van der Waals surface area (Å²) in [5, 5.41) is 2.88. The lowest BCUT2D eigenvalue weighted by Gasteiger charge is -2.23. The number of halogens is 1.